The number of hydrogen-bond donors (Lipinski definition) is 4. The number of aromatic nitrogens is 5. The highest BCUT2D eigenvalue weighted by atomic mass is 16.5. The molecule has 3 aliphatic heterocycles. The summed E-state index contributed by atoms with van der Waals surface area (Å²) in [4.78, 5) is 72.0. The lowest BCUT2D eigenvalue weighted by Gasteiger charge is -2.30. The molecule has 2 fully saturated rings. The molecule has 0 spiro atoms. The molecule has 5 atom stereocenters. The van der Waals surface area contributed by atoms with Gasteiger partial charge in [0.2, 0.25) is 18.0 Å². The summed E-state index contributed by atoms with van der Waals surface area (Å²) >= 11 is 0. The zero-order valence-electron chi connectivity index (χ0n) is 37.5. The van der Waals surface area contributed by atoms with Crippen LogP contribution in [0.2, 0.25) is 0 Å². The van der Waals surface area contributed by atoms with Crippen LogP contribution in [0.25, 0.3) is 44.9 Å². The third-order valence-electron chi connectivity index (χ3n) is 13.0. The molecule has 2 saturated heterocycles. The number of nitrogens with one attached hydrogen (secondary N) is 4. The van der Waals surface area contributed by atoms with Gasteiger partial charge in [0, 0.05) is 40.7 Å². The van der Waals surface area contributed by atoms with Gasteiger partial charge in [0.25, 0.3) is 0 Å². The summed E-state index contributed by atoms with van der Waals surface area (Å²) in [6.45, 7) is 8.78. The van der Waals surface area contributed by atoms with Crippen molar-refractivity contribution < 1.29 is 33.4 Å². The van der Waals surface area contributed by atoms with Gasteiger partial charge in [-0.2, -0.15) is 0 Å². The second-order valence-electron chi connectivity index (χ2n) is 17.7. The van der Waals surface area contributed by atoms with Gasteiger partial charge in [-0.25, -0.2) is 19.6 Å². The molecule has 4 N–H and O–H groups in total. The van der Waals surface area contributed by atoms with E-state index in [4.69, 9.17) is 24.2 Å². The number of amides is 4. The molecule has 6 aromatic rings. The van der Waals surface area contributed by atoms with Gasteiger partial charge in [-0.15, -0.1) is 0 Å². The molecule has 0 saturated carbocycles. The molecule has 4 amide bonds. The number of H-pyrrole nitrogens is 2. The molecule has 3 aromatic heterocycles. The average Bonchev–Trinajstić information content (AvgIpc) is 4.18. The molecule has 0 bridgehead atoms. The Morgan fingerprint density at radius 3 is 1.78 bits per heavy atom. The van der Waals surface area contributed by atoms with Crippen LogP contribution in [0.3, 0.4) is 0 Å². The molecule has 65 heavy (non-hydrogen) atoms. The minimum absolute atomic E-state index is 0.123. The van der Waals surface area contributed by atoms with Crippen LogP contribution in [-0.4, -0.2) is 97.7 Å². The van der Waals surface area contributed by atoms with Crippen molar-refractivity contribution in [2.75, 3.05) is 27.3 Å². The fourth-order valence-electron chi connectivity index (χ4n) is 9.60. The van der Waals surface area contributed by atoms with Crippen LogP contribution in [-0.2, 0) is 19.1 Å². The Kier molecular flexibility index (Phi) is 11.8. The first-order valence-electron chi connectivity index (χ1n) is 22.4. The lowest BCUT2D eigenvalue weighted by atomic mass is 10.0. The number of rotatable bonds is 11. The van der Waals surface area contributed by atoms with Crippen molar-refractivity contribution in [1.82, 2.24) is 44.9 Å². The third-order valence-corrected chi connectivity index (χ3v) is 13.0. The summed E-state index contributed by atoms with van der Waals surface area (Å²) < 4.78 is 18.8. The van der Waals surface area contributed by atoms with Gasteiger partial charge in [-0.1, -0.05) is 64.1 Å². The second-order valence-corrected chi connectivity index (χ2v) is 17.7. The molecule has 3 aliphatic rings. The molecule has 16 nitrogen and oxygen atoms in total. The predicted molar refractivity (Wildman–Crippen MR) is 243 cm³/mol. The van der Waals surface area contributed by atoms with Crippen molar-refractivity contribution in [3.05, 3.63) is 102 Å². The molecule has 6 heterocycles. The number of benzene rings is 3. The average molecular weight is 882 g/mol. The number of aromatic amines is 2. The largest absolute Gasteiger partial charge is 0.465 e. The van der Waals surface area contributed by atoms with E-state index >= 15 is 0 Å². The number of nitrogens with zero attached hydrogens (tertiary/aromatic N) is 5. The maximum absolute atomic E-state index is 13.8. The summed E-state index contributed by atoms with van der Waals surface area (Å²) in [6.07, 6.45) is 5.10. The van der Waals surface area contributed by atoms with Crippen molar-refractivity contribution in [3.63, 3.8) is 0 Å². The molecule has 0 unspecified atom stereocenters. The monoisotopic (exact) mass is 881 g/mol. The van der Waals surface area contributed by atoms with E-state index in [0.717, 1.165) is 75.9 Å². The fraction of sp³-hybridized carbons (Fsp3) is 0.388. The molecule has 3 aromatic carbocycles. The van der Waals surface area contributed by atoms with Crippen molar-refractivity contribution in [3.8, 4) is 39.8 Å². The first-order valence-corrected chi connectivity index (χ1v) is 22.4. The van der Waals surface area contributed by atoms with Crippen LogP contribution >= 0.6 is 0 Å². The topological polar surface area (TPSA) is 189 Å². The Morgan fingerprint density at radius 1 is 0.708 bits per heavy atom. The van der Waals surface area contributed by atoms with Crippen LogP contribution < -0.4 is 15.4 Å². The Labute approximate surface area is 377 Å². The number of fused-ring (bicyclic) bond motifs is 5. The number of carbonyl (C=O) groups is 4. The van der Waals surface area contributed by atoms with Crippen LogP contribution in [0.1, 0.15) is 88.6 Å². The second kappa shape index (κ2) is 17.8. The summed E-state index contributed by atoms with van der Waals surface area (Å²) in [7, 11) is 2.58. The van der Waals surface area contributed by atoms with Gasteiger partial charge in [-0.3, -0.25) is 9.59 Å². The summed E-state index contributed by atoms with van der Waals surface area (Å²) in [6, 6.07) is 22.9. The van der Waals surface area contributed by atoms with Crippen molar-refractivity contribution in [2.24, 2.45) is 11.8 Å². The van der Waals surface area contributed by atoms with Crippen molar-refractivity contribution in [1.29, 1.82) is 0 Å². The number of imidazole rings is 2. The lowest BCUT2D eigenvalue weighted by Crippen LogP contribution is -2.51. The van der Waals surface area contributed by atoms with Gasteiger partial charge in [0.05, 0.1) is 61.3 Å². The van der Waals surface area contributed by atoms with Crippen LogP contribution in [0.15, 0.2) is 85.2 Å². The Hall–Kier alpha value is -7.10. The van der Waals surface area contributed by atoms with E-state index in [9.17, 15) is 19.2 Å². The molecular formula is C49H55N9O7. The summed E-state index contributed by atoms with van der Waals surface area (Å²) in [5.74, 6) is 1.53. The quantitative estimate of drug-likeness (QED) is 0.0997. The molecule has 0 aliphatic carbocycles. The van der Waals surface area contributed by atoms with Crippen molar-refractivity contribution in [2.45, 2.75) is 83.8 Å². The van der Waals surface area contributed by atoms with Crippen LogP contribution in [0, 0.1) is 11.8 Å². The Bertz CT molecular complexity index is 2740. The van der Waals surface area contributed by atoms with Gasteiger partial charge < -0.3 is 49.2 Å². The van der Waals surface area contributed by atoms with E-state index in [1.807, 2.05) is 74.0 Å². The first kappa shape index (κ1) is 43.2. The minimum Gasteiger partial charge on any atom is -0.465 e. The van der Waals surface area contributed by atoms with E-state index < -0.39 is 30.5 Å². The fourth-order valence-corrected chi connectivity index (χ4v) is 9.60. The third kappa shape index (κ3) is 8.17. The number of alkyl carbamates (subject to hydrolysis) is 2. The van der Waals surface area contributed by atoms with Crippen LogP contribution in [0.5, 0.6) is 5.75 Å². The lowest BCUT2D eigenvalue weighted by molar-refractivity contribution is -0.136. The molecule has 0 radical (unpaired) electrons. The van der Waals surface area contributed by atoms with E-state index in [-0.39, 0.29) is 35.7 Å². The van der Waals surface area contributed by atoms with E-state index in [1.54, 1.807) is 6.20 Å². The highest BCUT2D eigenvalue weighted by Gasteiger charge is 2.39. The van der Waals surface area contributed by atoms with E-state index in [0.29, 0.717) is 30.5 Å². The predicted octanol–water partition coefficient (Wildman–Crippen LogP) is 8.12. The summed E-state index contributed by atoms with van der Waals surface area (Å²) in [5, 5.41) is 6.45. The zero-order chi connectivity index (χ0) is 45.5. The standard InChI is InChI=1S/C49H55N9O7/c1-27(2)41(54-48(61)63-5)45(59)56-20-10-14-37(56)34-25-50-43(52-34)30-17-19-36-32(22-30)23-39-33-18-16-31(24-40(33)65-47(58(36)39)29-12-8-7-9-13-29)44-51-26-35(53-44)38-15-11-21-57(38)46(60)42(28(3)4)55-49(62)64-6/h7-9,12-13,16-19,22-28,37-38,41-42,47H,10-11,14-15,20-21H2,1-6H3,(H,50,52)(H,51,53)(H,54,61)(H,55,62)/t37-,38-,41-,42-,47-/m0/s1. The van der Waals surface area contributed by atoms with Gasteiger partial charge in [0.1, 0.15) is 29.5 Å². The Balaban J connectivity index is 1.00. The molecular weight excluding hydrogens is 827 g/mol. The zero-order valence-corrected chi connectivity index (χ0v) is 37.5. The molecule has 338 valence electrons. The van der Waals surface area contributed by atoms with Crippen molar-refractivity contribution >= 4 is 34.9 Å². The molecule has 16 heteroatoms. The Morgan fingerprint density at radius 2 is 1.25 bits per heavy atom. The smallest absolute Gasteiger partial charge is 0.407 e. The number of carbonyl (C=O) groups excluding carboxylic acids is 4. The minimum atomic E-state index is -0.713. The SMILES string of the molecule is COC(=O)N[C@H](C(=O)N1CCC[C@H]1c1cnc(-c2ccc3c(c2)O[C@@H](c2ccccc2)n2c-3cc3cc(-c4ncc([C@@H]5CCCN5C(=O)[C@@H](NC(=O)OC)C(C)C)[nH]4)ccc32)[nH]1)C(C)C. The van der Waals surface area contributed by atoms with E-state index in [2.05, 4.69) is 67.6 Å². The van der Waals surface area contributed by atoms with Gasteiger partial charge in [0.15, 0.2) is 0 Å². The number of ether oxygens (including phenoxy) is 3. The van der Waals surface area contributed by atoms with E-state index in [1.165, 1.54) is 14.2 Å². The van der Waals surface area contributed by atoms with Crippen LogP contribution in [0.4, 0.5) is 9.59 Å². The molecule has 9 rings (SSSR count). The van der Waals surface area contributed by atoms with Gasteiger partial charge >= 0.3 is 12.2 Å². The number of methoxy groups -OCH3 is 2. The maximum atomic E-state index is 13.8. The first-order chi connectivity index (χ1) is 31.4. The number of hydrogen-bond acceptors (Lipinski definition) is 9. The highest BCUT2D eigenvalue weighted by molar-refractivity contribution is 5.92. The summed E-state index contributed by atoms with van der Waals surface area (Å²) in [5.41, 5.74) is 7.34. The van der Waals surface area contributed by atoms with Gasteiger partial charge in [-0.05, 0) is 73.9 Å². The number of likely N-dealkylation sites (tertiary alicyclic amines) is 2. The highest BCUT2D eigenvalue weighted by Crippen LogP contribution is 2.46. The normalized spacial score (nSPS) is 18.9. The maximum Gasteiger partial charge on any atom is 0.407 e.